The van der Waals surface area contributed by atoms with Crippen molar-refractivity contribution in [3.05, 3.63) is 36.3 Å². The molecule has 4 N–H and O–H groups in total. The predicted molar refractivity (Wildman–Crippen MR) is 44.3 cm³/mol. The molecule has 0 aliphatic carbocycles. The van der Waals surface area contributed by atoms with Crippen LogP contribution < -0.4 is 11.3 Å². The molecule has 0 saturated heterocycles. The Balaban J connectivity index is 2.29. The van der Waals surface area contributed by atoms with Gasteiger partial charge in [-0.25, -0.2) is 10.4 Å². The van der Waals surface area contributed by atoms with Crippen molar-refractivity contribution in [3.8, 4) is 0 Å². The van der Waals surface area contributed by atoms with Crippen molar-refractivity contribution in [2.24, 2.45) is 5.84 Å². The van der Waals surface area contributed by atoms with E-state index in [9.17, 15) is 0 Å². The van der Waals surface area contributed by atoms with Gasteiger partial charge in [0.15, 0.2) is 0 Å². The summed E-state index contributed by atoms with van der Waals surface area (Å²) in [4.78, 5) is 3.99. The molecule has 2 heterocycles. The summed E-state index contributed by atoms with van der Waals surface area (Å²) in [5.74, 6) is 6.03. The van der Waals surface area contributed by atoms with Crippen LogP contribution in [0, 0.1) is 0 Å². The lowest BCUT2D eigenvalue weighted by molar-refractivity contribution is 0.547. The van der Waals surface area contributed by atoms with E-state index in [1.165, 1.54) is 6.33 Å². The van der Waals surface area contributed by atoms with E-state index >= 15 is 0 Å². The predicted octanol–water partition coefficient (Wildman–Crippen LogP) is -0.0496. The fourth-order valence-electron chi connectivity index (χ4n) is 1.13. The molecule has 68 valence electrons. The lowest BCUT2D eigenvalue weighted by Gasteiger charge is -2.09. The number of hydrogen-bond donors (Lipinski definition) is 3. The number of furan rings is 1. The lowest BCUT2D eigenvalue weighted by atomic mass is 10.1. The van der Waals surface area contributed by atoms with Crippen molar-refractivity contribution in [3.63, 3.8) is 0 Å². The number of nitrogens with two attached hydrogens (primary N) is 1. The Morgan fingerprint density at radius 1 is 1.62 bits per heavy atom. The Morgan fingerprint density at radius 3 is 3.08 bits per heavy atom. The number of nitrogens with zero attached hydrogens (tertiary/aromatic N) is 2. The highest BCUT2D eigenvalue weighted by molar-refractivity contribution is 5.18. The van der Waals surface area contributed by atoms with Crippen molar-refractivity contribution >= 4 is 0 Å². The summed E-state index contributed by atoms with van der Waals surface area (Å²) >= 11 is 0. The SMILES string of the molecule is NNC(c1ccoc1)c1ncn[nH]1. The van der Waals surface area contributed by atoms with Crippen LogP contribution in [0.2, 0.25) is 0 Å². The van der Waals surface area contributed by atoms with Gasteiger partial charge in [-0.05, 0) is 6.07 Å². The van der Waals surface area contributed by atoms with Gasteiger partial charge in [-0.15, -0.1) is 0 Å². The minimum absolute atomic E-state index is 0.207. The van der Waals surface area contributed by atoms with Gasteiger partial charge in [0.1, 0.15) is 18.2 Å². The molecule has 1 atom stereocenters. The van der Waals surface area contributed by atoms with Gasteiger partial charge in [0.2, 0.25) is 0 Å². The maximum absolute atomic E-state index is 5.38. The summed E-state index contributed by atoms with van der Waals surface area (Å²) in [5.41, 5.74) is 3.52. The summed E-state index contributed by atoms with van der Waals surface area (Å²) in [6.07, 6.45) is 4.61. The topological polar surface area (TPSA) is 92.8 Å². The van der Waals surface area contributed by atoms with Gasteiger partial charge in [-0.1, -0.05) is 0 Å². The van der Waals surface area contributed by atoms with Crippen LogP contribution in [0.3, 0.4) is 0 Å². The van der Waals surface area contributed by atoms with Crippen LogP contribution in [-0.4, -0.2) is 15.2 Å². The second-order valence-electron chi connectivity index (χ2n) is 2.53. The van der Waals surface area contributed by atoms with Crippen LogP contribution >= 0.6 is 0 Å². The van der Waals surface area contributed by atoms with Gasteiger partial charge in [-0.3, -0.25) is 10.9 Å². The Morgan fingerprint density at radius 2 is 2.54 bits per heavy atom. The first-order chi connectivity index (χ1) is 6.42. The first kappa shape index (κ1) is 7.96. The number of hydrazine groups is 1. The Labute approximate surface area is 74.1 Å². The first-order valence-corrected chi connectivity index (χ1v) is 3.75. The average Bonchev–Trinajstić information content (AvgIpc) is 2.76. The molecule has 6 nitrogen and oxygen atoms in total. The van der Waals surface area contributed by atoms with Crippen LogP contribution in [0.15, 0.2) is 29.3 Å². The molecular weight excluding hydrogens is 170 g/mol. The molecule has 0 amide bonds. The van der Waals surface area contributed by atoms with E-state index < -0.39 is 0 Å². The summed E-state index contributed by atoms with van der Waals surface area (Å²) in [6.45, 7) is 0. The first-order valence-electron chi connectivity index (χ1n) is 3.75. The highest BCUT2D eigenvalue weighted by Crippen LogP contribution is 2.17. The van der Waals surface area contributed by atoms with Gasteiger partial charge in [-0.2, -0.15) is 5.10 Å². The second-order valence-corrected chi connectivity index (χ2v) is 2.53. The summed E-state index contributed by atoms with van der Waals surface area (Å²) in [6, 6.07) is 1.61. The molecule has 1 unspecified atom stereocenters. The molecule has 2 aromatic rings. The van der Waals surface area contributed by atoms with Crippen LogP contribution in [0.5, 0.6) is 0 Å². The van der Waals surface area contributed by atoms with E-state index in [2.05, 4.69) is 20.6 Å². The van der Waals surface area contributed by atoms with Crippen LogP contribution in [0.1, 0.15) is 17.4 Å². The standard InChI is InChI=1S/C7H9N5O/c8-11-6(5-1-2-13-3-5)7-9-4-10-12-7/h1-4,6,11H,8H2,(H,9,10,12). The van der Waals surface area contributed by atoms with Crippen molar-refractivity contribution in [1.82, 2.24) is 20.6 Å². The molecule has 0 fully saturated rings. The Bertz CT molecular complexity index is 307. The third kappa shape index (κ3) is 1.44. The van der Waals surface area contributed by atoms with E-state index in [0.29, 0.717) is 5.82 Å². The second kappa shape index (κ2) is 3.38. The van der Waals surface area contributed by atoms with E-state index in [-0.39, 0.29) is 6.04 Å². The fraction of sp³-hybridized carbons (Fsp3) is 0.143. The third-order valence-corrected chi connectivity index (χ3v) is 1.75. The van der Waals surface area contributed by atoms with Crippen molar-refractivity contribution in [2.45, 2.75) is 6.04 Å². The van der Waals surface area contributed by atoms with Crippen LogP contribution in [-0.2, 0) is 0 Å². The number of aromatic amines is 1. The fourth-order valence-corrected chi connectivity index (χ4v) is 1.13. The molecule has 0 saturated carbocycles. The van der Waals surface area contributed by atoms with Crippen molar-refractivity contribution < 1.29 is 4.42 Å². The van der Waals surface area contributed by atoms with Gasteiger partial charge >= 0.3 is 0 Å². The van der Waals surface area contributed by atoms with E-state index in [1.807, 2.05) is 6.07 Å². The van der Waals surface area contributed by atoms with Gasteiger partial charge < -0.3 is 4.42 Å². The highest BCUT2D eigenvalue weighted by Gasteiger charge is 2.15. The number of hydrogen-bond acceptors (Lipinski definition) is 5. The quantitative estimate of drug-likeness (QED) is 0.453. The largest absolute Gasteiger partial charge is 0.472 e. The molecule has 0 aromatic carbocycles. The van der Waals surface area contributed by atoms with Crippen LogP contribution in [0.4, 0.5) is 0 Å². The molecule has 13 heavy (non-hydrogen) atoms. The van der Waals surface area contributed by atoms with E-state index in [1.54, 1.807) is 12.5 Å². The molecule has 6 heteroatoms. The Kier molecular flexibility index (Phi) is 2.07. The third-order valence-electron chi connectivity index (χ3n) is 1.75. The maximum Gasteiger partial charge on any atom is 0.147 e. The zero-order valence-electron chi connectivity index (χ0n) is 6.77. The Hall–Kier alpha value is -1.66. The number of rotatable bonds is 3. The number of aromatic nitrogens is 3. The highest BCUT2D eigenvalue weighted by atomic mass is 16.3. The summed E-state index contributed by atoms with van der Waals surface area (Å²) in [7, 11) is 0. The smallest absolute Gasteiger partial charge is 0.147 e. The van der Waals surface area contributed by atoms with Crippen LogP contribution in [0.25, 0.3) is 0 Å². The number of nitrogens with one attached hydrogen (secondary N) is 2. The van der Waals surface area contributed by atoms with Crippen molar-refractivity contribution in [2.75, 3.05) is 0 Å². The molecule has 2 aromatic heterocycles. The minimum Gasteiger partial charge on any atom is -0.472 e. The molecule has 2 rings (SSSR count). The van der Waals surface area contributed by atoms with Crippen molar-refractivity contribution in [1.29, 1.82) is 0 Å². The molecular formula is C7H9N5O. The molecule has 0 aliphatic heterocycles. The monoisotopic (exact) mass is 179 g/mol. The summed E-state index contributed by atoms with van der Waals surface area (Å²) < 4.78 is 4.94. The van der Waals surface area contributed by atoms with Gasteiger partial charge in [0.25, 0.3) is 0 Å². The zero-order chi connectivity index (χ0) is 9.10. The average molecular weight is 179 g/mol. The number of H-pyrrole nitrogens is 1. The van der Waals surface area contributed by atoms with E-state index in [4.69, 9.17) is 10.3 Å². The normalized spacial score (nSPS) is 13.0. The molecule has 0 radical (unpaired) electrons. The minimum atomic E-state index is -0.207. The van der Waals surface area contributed by atoms with E-state index in [0.717, 1.165) is 5.56 Å². The zero-order valence-corrected chi connectivity index (χ0v) is 6.77. The molecule has 0 spiro atoms. The van der Waals surface area contributed by atoms with Gasteiger partial charge in [0.05, 0.1) is 12.5 Å². The maximum atomic E-state index is 5.38. The summed E-state index contributed by atoms with van der Waals surface area (Å²) in [5, 5.41) is 6.47. The van der Waals surface area contributed by atoms with Gasteiger partial charge in [0, 0.05) is 5.56 Å². The molecule has 0 aliphatic rings. The molecule has 0 bridgehead atoms. The lowest BCUT2D eigenvalue weighted by Crippen LogP contribution is -2.29.